The molecule has 1 aliphatic rings. The first-order valence-corrected chi connectivity index (χ1v) is 11.5. The highest BCUT2D eigenvalue weighted by Crippen LogP contribution is 2.39. The quantitative estimate of drug-likeness (QED) is 0.575. The Balaban J connectivity index is 1.59. The third-order valence-corrected chi connectivity index (χ3v) is 7.70. The summed E-state index contributed by atoms with van der Waals surface area (Å²) in [5.41, 5.74) is -0.488. The van der Waals surface area contributed by atoms with Gasteiger partial charge in [0.15, 0.2) is 0 Å². The van der Waals surface area contributed by atoms with Crippen LogP contribution in [0.3, 0.4) is 0 Å². The van der Waals surface area contributed by atoms with Gasteiger partial charge in [0.1, 0.15) is 28.0 Å². The minimum Gasteiger partial charge on any atom is -0.488 e. The third kappa shape index (κ3) is 4.86. The van der Waals surface area contributed by atoms with E-state index >= 15 is 0 Å². The highest BCUT2D eigenvalue weighted by atomic mass is 32.2. The van der Waals surface area contributed by atoms with E-state index in [1.165, 1.54) is 12.3 Å². The molecule has 0 saturated carbocycles. The van der Waals surface area contributed by atoms with Crippen molar-refractivity contribution < 1.29 is 30.8 Å². The number of sulfonamides is 1. The van der Waals surface area contributed by atoms with Gasteiger partial charge < -0.3 is 14.2 Å². The number of likely N-dealkylation sites (N-methyl/N-ethyl adjacent to an activating group) is 1. The molecule has 1 fully saturated rings. The molecule has 3 heterocycles. The van der Waals surface area contributed by atoms with Gasteiger partial charge in [-0.2, -0.15) is 13.2 Å². The Morgan fingerprint density at radius 2 is 2.06 bits per heavy atom. The molecular formula is C19H18F3N3O4S2. The molecule has 0 amide bonds. The van der Waals surface area contributed by atoms with Crippen LogP contribution in [-0.4, -0.2) is 44.7 Å². The molecule has 166 valence electrons. The van der Waals surface area contributed by atoms with E-state index < -0.39 is 33.6 Å². The summed E-state index contributed by atoms with van der Waals surface area (Å²) in [6, 6.07) is 7.53. The van der Waals surface area contributed by atoms with Crippen molar-refractivity contribution in [3.05, 3.63) is 48.2 Å². The topological polar surface area (TPSA) is 84.7 Å². The molecule has 0 aliphatic carbocycles. The summed E-state index contributed by atoms with van der Waals surface area (Å²) in [4.78, 5) is 2.53. The van der Waals surface area contributed by atoms with E-state index in [1.54, 1.807) is 12.1 Å². The van der Waals surface area contributed by atoms with Crippen molar-refractivity contribution in [3.8, 4) is 16.3 Å². The van der Waals surface area contributed by atoms with Crippen molar-refractivity contribution in [1.82, 2.24) is 10.1 Å². The number of anilines is 1. The third-order valence-electron chi connectivity index (χ3n) is 4.72. The first-order chi connectivity index (χ1) is 14.6. The molecule has 0 radical (unpaired) electrons. The van der Waals surface area contributed by atoms with Crippen LogP contribution in [0.2, 0.25) is 0 Å². The molecule has 1 aliphatic heterocycles. The van der Waals surface area contributed by atoms with Gasteiger partial charge in [0.05, 0.1) is 16.1 Å². The zero-order chi connectivity index (χ0) is 22.2. The fraction of sp³-hybridized carbons (Fsp3) is 0.316. The highest BCUT2D eigenvalue weighted by Gasteiger charge is 2.36. The van der Waals surface area contributed by atoms with Gasteiger partial charge in [-0.15, -0.1) is 11.3 Å². The molecule has 3 aromatic rings. The first-order valence-electron chi connectivity index (χ1n) is 9.22. The molecule has 12 heteroatoms. The Morgan fingerprint density at radius 1 is 1.26 bits per heavy atom. The molecule has 7 nitrogen and oxygen atoms in total. The molecule has 4 rings (SSSR count). The van der Waals surface area contributed by atoms with Gasteiger partial charge in [-0.3, -0.25) is 4.72 Å². The van der Waals surface area contributed by atoms with Crippen LogP contribution in [0.4, 0.5) is 18.9 Å². The molecule has 0 unspecified atom stereocenters. The minimum absolute atomic E-state index is 0.00900. The number of rotatable bonds is 6. The number of thiophene rings is 1. The predicted octanol–water partition coefficient (Wildman–Crippen LogP) is 4.31. The zero-order valence-electron chi connectivity index (χ0n) is 16.2. The van der Waals surface area contributed by atoms with Crippen LogP contribution in [0.5, 0.6) is 5.75 Å². The van der Waals surface area contributed by atoms with E-state index in [-0.39, 0.29) is 9.90 Å². The van der Waals surface area contributed by atoms with E-state index in [2.05, 4.69) is 9.88 Å². The largest absolute Gasteiger partial charge is 0.488 e. The summed E-state index contributed by atoms with van der Waals surface area (Å²) in [6.45, 7) is 1.21. The van der Waals surface area contributed by atoms with Gasteiger partial charge >= 0.3 is 6.18 Å². The van der Waals surface area contributed by atoms with Crippen LogP contribution < -0.4 is 9.46 Å². The summed E-state index contributed by atoms with van der Waals surface area (Å²) < 4.78 is 78.5. The summed E-state index contributed by atoms with van der Waals surface area (Å²) in [6.07, 6.45) is -3.07. The van der Waals surface area contributed by atoms with Gasteiger partial charge in [-0.1, -0.05) is 5.16 Å². The van der Waals surface area contributed by atoms with Crippen LogP contribution in [0, 0.1) is 0 Å². The van der Waals surface area contributed by atoms with Crippen LogP contribution in [0.15, 0.2) is 51.4 Å². The number of halogens is 3. The number of alkyl halides is 3. The number of aromatic nitrogens is 1. The van der Waals surface area contributed by atoms with E-state index in [1.807, 2.05) is 11.9 Å². The van der Waals surface area contributed by atoms with Gasteiger partial charge in [-0.25, -0.2) is 8.42 Å². The monoisotopic (exact) mass is 473 g/mol. The van der Waals surface area contributed by atoms with Gasteiger partial charge in [0.25, 0.3) is 10.0 Å². The Hall–Kier alpha value is -2.57. The van der Waals surface area contributed by atoms with Crippen LogP contribution in [0.25, 0.3) is 10.6 Å². The SMILES string of the molecule is CN1CC[C@@H](Oc2cc(NS(=O)(=O)c3ccc(-c4ccon4)s3)ccc2C(F)(F)F)C1. The second kappa shape index (κ2) is 8.17. The molecule has 31 heavy (non-hydrogen) atoms. The Bertz CT molecular complexity index is 1160. The van der Waals surface area contributed by atoms with Crippen LogP contribution in [0.1, 0.15) is 12.0 Å². The van der Waals surface area contributed by atoms with Crippen LogP contribution in [-0.2, 0) is 16.2 Å². The maximum Gasteiger partial charge on any atom is 0.419 e. The lowest BCUT2D eigenvalue weighted by Gasteiger charge is -2.19. The normalized spacial score (nSPS) is 17.7. The number of hydrogen-bond acceptors (Lipinski definition) is 7. The van der Waals surface area contributed by atoms with E-state index in [0.29, 0.717) is 30.1 Å². The van der Waals surface area contributed by atoms with Crippen LogP contribution >= 0.6 is 11.3 Å². The summed E-state index contributed by atoms with van der Waals surface area (Å²) in [5, 5.41) is 3.76. The van der Waals surface area contributed by atoms with Gasteiger partial charge in [0, 0.05) is 25.2 Å². The van der Waals surface area contributed by atoms with E-state index in [0.717, 1.165) is 29.5 Å². The lowest BCUT2D eigenvalue weighted by atomic mass is 10.1. The molecule has 1 N–H and O–H groups in total. The molecule has 0 spiro atoms. The zero-order valence-corrected chi connectivity index (χ0v) is 17.9. The summed E-state index contributed by atoms with van der Waals surface area (Å²) >= 11 is 0.965. The molecular weight excluding hydrogens is 455 g/mol. The van der Waals surface area contributed by atoms with Crippen molar-refractivity contribution in [2.24, 2.45) is 0 Å². The minimum atomic E-state index is -4.63. The number of nitrogens with zero attached hydrogens (tertiary/aromatic N) is 2. The number of ether oxygens (including phenoxy) is 1. The standard InChI is InChI=1S/C19H18F3N3O4S2/c1-25-8-6-13(11-25)29-16-10-12(2-3-14(16)19(20,21)22)24-31(26,27)18-5-4-17(30-18)15-7-9-28-23-15/h2-5,7,9-10,13,24H,6,8,11H2,1H3/t13-/m1/s1. The molecule has 2 aromatic heterocycles. The van der Waals surface area contributed by atoms with Crippen molar-refractivity contribution in [2.45, 2.75) is 22.9 Å². The second-order valence-electron chi connectivity index (χ2n) is 7.11. The summed E-state index contributed by atoms with van der Waals surface area (Å²) in [5.74, 6) is -0.400. The maximum absolute atomic E-state index is 13.4. The predicted molar refractivity (Wildman–Crippen MR) is 109 cm³/mol. The van der Waals surface area contributed by atoms with Crippen molar-refractivity contribution in [1.29, 1.82) is 0 Å². The molecule has 1 saturated heterocycles. The highest BCUT2D eigenvalue weighted by molar-refractivity contribution is 7.94. The molecule has 1 aromatic carbocycles. The Kier molecular flexibility index (Phi) is 5.71. The number of benzene rings is 1. The average molecular weight is 473 g/mol. The van der Waals surface area contributed by atoms with Crippen molar-refractivity contribution in [3.63, 3.8) is 0 Å². The van der Waals surface area contributed by atoms with E-state index in [9.17, 15) is 21.6 Å². The molecule has 1 atom stereocenters. The van der Waals surface area contributed by atoms with E-state index in [4.69, 9.17) is 9.26 Å². The maximum atomic E-state index is 13.4. The Labute approximate surface area is 180 Å². The van der Waals surface area contributed by atoms with Gasteiger partial charge in [-0.05, 0) is 37.7 Å². The summed E-state index contributed by atoms with van der Waals surface area (Å²) in [7, 11) is -2.17. The lowest BCUT2D eigenvalue weighted by molar-refractivity contribution is -0.139. The number of nitrogens with one attached hydrogen (secondary N) is 1. The number of likely N-dealkylation sites (tertiary alicyclic amines) is 1. The molecule has 0 bridgehead atoms. The Morgan fingerprint density at radius 3 is 2.71 bits per heavy atom. The fourth-order valence-corrected chi connectivity index (χ4v) is 5.55. The average Bonchev–Trinajstić information content (AvgIpc) is 3.42. The van der Waals surface area contributed by atoms with Crippen molar-refractivity contribution >= 4 is 27.0 Å². The second-order valence-corrected chi connectivity index (χ2v) is 10.1. The lowest BCUT2D eigenvalue weighted by Crippen LogP contribution is -2.23. The first kappa shape index (κ1) is 21.7. The van der Waals surface area contributed by atoms with Gasteiger partial charge in [0.2, 0.25) is 0 Å². The fourth-order valence-electron chi connectivity index (χ4n) is 3.24. The smallest absolute Gasteiger partial charge is 0.419 e. The number of hydrogen-bond donors (Lipinski definition) is 1. The van der Waals surface area contributed by atoms with Crippen molar-refractivity contribution in [2.75, 3.05) is 24.9 Å².